The van der Waals surface area contributed by atoms with Gasteiger partial charge in [-0.15, -0.1) is 0 Å². The van der Waals surface area contributed by atoms with Crippen LogP contribution in [0, 0.1) is 0 Å². The maximum absolute atomic E-state index is 5.07. The van der Waals surface area contributed by atoms with Gasteiger partial charge in [0.1, 0.15) is 8.07 Å². The smallest absolute Gasteiger partial charge is 0.113 e. The minimum absolute atomic E-state index is 0.942. The predicted molar refractivity (Wildman–Crippen MR) is 179 cm³/mol. The third-order valence-electron chi connectivity index (χ3n) is 9.24. The molecule has 1 aliphatic rings. The fraction of sp³-hybridized carbons (Fsp3) is 0.0526. The Morgan fingerprint density at radius 1 is 0.595 bits per heavy atom. The molecule has 3 aromatic heterocycles. The number of fused-ring (bicyclic) bond motifs is 10. The molecule has 0 amide bonds. The molecule has 5 aromatic carbocycles. The summed E-state index contributed by atoms with van der Waals surface area (Å²) in [5.74, 6) is 0. The van der Waals surface area contributed by atoms with Gasteiger partial charge in [-0.2, -0.15) is 0 Å². The van der Waals surface area contributed by atoms with Gasteiger partial charge in [0.15, 0.2) is 0 Å². The van der Waals surface area contributed by atoms with Gasteiger partial charge in [-0.25, -0.2) is 4.98 Å². The third kappa shape index (κ3) is 3.15. The van der Waals surface area contributed by atoms with E-state index in [2.05, 4.69) is 138 Å². The Balaban J connectivity index is 1.23. The standard InChI is InChI=1S/C38H27N3Si/c1-42(2)33-12-6-4-10-29(33)36-34(42)22-21-32-35(36)28-9-3-5-11-31(28)41(32)27-18-15-24(16-19-27)30-20-17-26-14-13-25-8-7-23-39-37(25)38(26)40-30/h3-23H,1-2H3. The molecular weight excluding hydrogens is 527 g/mol. The van der Waals surface area contributed by atoms with Crippen LogP contribution in [0.25, 0.3) is 71.7 Å². The molecule has 3 nitrogen and oxygen atoms in total. The summed E-state index contributed by atoms with van der Waals surface area (Å²) in [6.45, 7) is 4.97. The summed E-state index contributed by atoms with van der Waals surface area (Å²) < 4.78 is 2.43. The Morgan fingerprint density at radius 2 is 1.36 bits per heavy atom. The van der Waals surface area contributed by atoms with Crippen molar-refractivity contribution in [2.24, 2.45) is 0 Å². The summed E-state index contributed by atoms with van der Waals surface area (Å²) in [5, 5.41) is 7.97. The molecule has 0 atom stereocenters. The van der Waals surface area contributed by atoms with Crippen LogP contribution in [0.4, 0.5) is 0 Å². The molecule has 0 spiro atoms. The van der Waals surface area contributed by atoms with Gasteiger partial charge >= 0.3 is 0 Å². The highest BCUT2D eigenvalue weighted by molar-refractivity contribution is 7.04. The summed E-state index contributed by atoms with van der Waals surface area (Å²) in [6, 6.07) is 44.1. The monoisotopic (exact) mass is 553 g/mol. The van der Waals surface area contributed by atoms with Crippen LogP contribution in [0.1, 0.15) is 0 Å². The predicted octanol–water partition coefficient (Wildman–Crippen LogP) is 8.35. The molecule has 4 heterocycles. The molecule has 0 bridgehead atoms. The molecule has 9 rings (SSSR count). The molecule has 0 unspecified atom stereocenters. The van der Waals surface area contributed by atoms with Crippen LogP contribution >= 0.6 is 0 Å². The second kappa shape index (κ2) is 8.48. The minimum Gasteiger partial charge on any atom is -0.309 e. The third-order valence-corrected chi connectivity index (χ3v) is 12.8. The quantitative estimate of drug-likeness (QED) is 0.159. The van der Waals surface area contributed by atoms with Crippen molar-refractivity contribution in [3.05, 3.63) is 128 Å². The zero-order valence-electron chi connectivity index (χ0n) is 23.5. The number of hydrogen-bond acceptors (Lipinski definition) is 2. The fourth-order valence-electron chi connectivity index (χ4n) is 7.20. The molecule has 0 radical (unpaired) electrons. The molecule has 42 heavy (non-hydrogen) atoms. The summed E-state index contributed by atoms with van der Waals surface area (Å²) >= 11 is 0. The van der Waals surface area contributed by atoms with E-state index in [0.29, 0.717) is 0 Å². The first-order valence-corrected chi connectivity index (χ1v) is 17.5. The molecule has 0 aliphatic carbocycles. The van der Waals surface area contributed by atoms with E-state index in [1.165, 1.54) is 32.9 Å². The maximum atomic E-state index is 5.07. The summed E-state index contributed by atoms with van der Waals surface area (Å²) in [7, 11) is -1.76. The average Bonchev–Trinajstić information content (AvgIpc) is 3.50. The number of benzene rings is 5. The Hall–Kier alpha value is -5.06. The van der Waals surface area contributed by atoms with Crippen LogP contribution in [0.3, 0.4) is 0 Å². The highest BCUT2D eigenvalue weighted by Gasteiger charge is 2.38. The van der Waals surface area contributed by atoms with Gasteiger partial charge in [0.05, 0.1) is 27.8 Å². The zero-order chi connectivity index (χ0) is 28.0. The number of para-hydroxylation sites is 1. The van der Waals surface area contributed by atoms with E-state index in [0.717, 1.165) is 38.8 Å². The lowest BCUT2D eigenvalue weighted by atomic mass is 9.99. The number of nitrogens with zero attached hydrogens (tertiary/aromatic N) is 3. The van der Waals surface area contributed by atoms with Crippen molar-refractivity contribution < 1.29 is 0 Å². The Bertz CT molecular complexity index is 2380. The van der Waals surface area contributed by atoms with Crippen LogP contribution in [0.15, 0.2) is 128 Å². The number of hydrogen-bond donors (Lipinski definition) is 0. The molecule has 0 N–H and O–H groups in total. The van der Waals surface area contributed by atoms with Crippen LogP contribution in [0.5, 0.6) is 0 Å². The van der Waals surface area contributed by atoms with Crippen molar-refractivity contribution in [1.29, 1.82) is 0 Å². The first-order valence-electron chi connectivity index (χ1n) is 14.5. The van der Waals surface area contributed by atoms with Crippen molar-refractivity contribution in [3.63, 3.8) is 0 Å². The largest absolute Gasteiger partial charge is 0.309 e. The van der Waals surface area contributed by atoms with Crippen molar-refractivity contribution in [1.82, 2.24) is 14.5 Å². The summed E-state index contributed by atoms with van der Waals surface area (Å²) in [5.41, 5.74) is 10.4. The molecule has 0 saturated carbocycles. The van der Waals surface area contributed by atoms with Gasteiger partial charge in [0.2, 0.25) is 0 Å². The second-order valence-corrected chi connectivity index (χ2v) is 16.2. The fourth-order valence-corrected chi connectivity index (χ4v) is 10.3. The van der Waals surface area contributed by atoms with Gasteiger partial charge in [0.25, 0.3) is 0 Å². The topological polar surface area (TPSA) is 30.7 Å². The van der Waals surface area contributed by atoms with Gasteiger partial charge in [-0.1, -0.05) is 98.0 Å². The lowest BCUT2D eigenvalue weighted by Crippen LogP contribution is -2.49. The molecule has 8 aromatic rings. The van der Waals surface area contributed by atoms with Crippen molar-refractivity contribution in [2.75, 3.05) is 0 Å². The Labute approximate surface area is 244 Å². The minimum atomic E-state index is -1.76. The van der Waals surface area contributed by atoms with Crippen molar-refractivity contribution >= 4 is 62.1 Å². The summed E-state index contributed by atoms with van der Waals surface area (Å²) in [6.07, 6.45) is 1.84. The maximum Gasteiger partial charge on any atom is 0.113 e. The first kappa shape index (κ1) is 23.6. The van der Waals surface area contributed by atoms with Crippen molar-refractivity contribution in [2.45, 2.75) is 13.1 Å². The molecule has 4 heteroatoms. The van der Waals surface area contributed by atoms with E-state index in [1.54, 1.807) is 10.4 Å². The number of aromatic nitrogens is 3. The molecular formula is C38H27N3Si. The Morgan fingerprint density at radius 3 is 2.24 bits per heavy atom. The van der Waals surface area contributed by atoms with Crippen LogP contribution in [-0.4, -0.2) is 22.6 Å². The van der Waals surface area contributed by atoms with Crippen LogP contribution in [0.2, 0.25) is 13.1 Å². The molecule has 198 valence electrons. The summed E-state index contributed by atoms with van der Waals surface area (Å²) in [4.78, 5) is 9.71. The molecule has 0 saturated heterocycles. The van der Waals surface area contributed by atoms with Gasteiger partial charge < -0.3 is 4.57 Å². The molecule has 0 fully saturated rings. The highest BCUT2D eigenvalue weighted by atomic mass is 28.3. The first-order chi connectivity index (χ1) is 20.6. The highest BCUT2D eigenvalue weighted by Crippen LogP contribution is 2.41. The van der Waals surface area contributed by atoms with E-state index in [9.17, 15) is 0 Å². The number of rotatable bonds is 2. The van der Waals surface area contributed by atoms with E-state index in [1.807, 2.05) is 12.3 Å². The lowest BCUT2D eigenvalue weighted by molar-refractivity contribution is 1.18. The van der Waals surface area contributed by atoms with Crippen LogP contribution in [-0.2, 0) is 0 Å². The van der Waals surface area contributed by atoms with E-state index in [-0.39, 0.29) is 0 Å². The van der Waals surface area contributed by atoms with E-state index < -0.39 is 8.07 Å². The lowest BCUT2D eigenvalue weighted by Gasteiger charge is -2.18. The zero-order valence-corrected chi connectivity index (χ0v) is 24.5. The molecule has 1 aliphatic heterocycles. The number of pyridine rings is 2. The van der Waals surface area contributed by atoms with Crippen molar-refractivity contribution in [3.8, 4) is 28.1 Å². The second-order valence-electron chi connectivity index (χ2n) is 11.9. The Kier molecular flexibility index (Phi) is 4.77. The van der Waals surface area contributed by atoms with Crippen LogP contribution < -0.4 is 10.4 Å². The van der Waals surface area contributed by atoms with E-state index >= 15 is 0 Å². The normalized spacial score (nSPS) is 13.7. The average molecular weight is 554 g/mol. The SMILES string of the molecule is C[Si]1(C)c2ccccc2-c2c1ccc1c2c2ccccc2n1-c1ccc(-c2ccc3ccc4cccnc4c3n2)cc1. The van der Waals surface area contributed by atoms with Gasteiger partial charge in [-0.3, -0.25) is 4.98 Å². The van der Waals surface area contributed by atoms with Gasteiger partial charge in [0, 0.05) is 39.0 Å². The van der Waals surface area contributed by atoms with Gasteiger partial charge in [-0.05, 0) is 57.9 Å². The van der Waals surface area contributed by atoms with E-state index in [4.69, 9.17) is 4.98 Å².